The summed E-state index contributed by atoms with van der Waals surface area (Å²) in [6.45, 7) is 6.03. The molecule has 0 spiro atoms. The summed E-state index contributed by atoms with van der Waals surface area (Å²) >= 11 is 0. The Balaban J connectivity index is 1.73. The van der Waals surface area contributed by atoms with E-state index < -0.39 is 6.10 Å². The zero-order valence-corrected chi connectivity index (χ0v) is 17.7. The largest absolute Gasteiger partial charge is 0.494 e. The van der Waals surface area contributed by atoms with Crippen LogP contribution >= 0.6 is 0 Å². The first kappa shape index (κ1) is 21.6. The van der Waals surface area contributed by atoms with Crippen molar-refractivity contribution in [1.29, 1.82) is 0 Å². The van der Waals surface area contributed by atoms with E-state index in [9.17, 15) is 9.18 Å². The van der Waals surface area contributed by atoms with Gasteiger partial charge in [0.2, 0.25) is 0 Å². The summed E-state index contributed by atoms with van der Waals surface area (Å²) in [5.74, 6) is 1.08. The molecule has 0 heterocycles. The van der Waals surface area contributed by atoms with Crippen molar-refractivity contribution in [3.05, 3.63) is 72.5 Å². The molecular formula is C26H27FO3. The molecule has 0 fully saturated rings. The number of carbonyl (C=O) groups is 1. The number of ketones is 1. The van der Waals surface area contributed by atoms with Gasteiger partial charge in [0.15, 0.2) is 11.9 Å². The van der Waals surface area contributed by atoms with E-state index in [1.165, 1.54) is 6.92 Å². The van der Waals surface area contributed by atoms with Crippen LogP contribution in [0, 0.1) is 5.82 Å². The monoisotopic (exact) mass is 406 g/mol. The first-order valence-electron chi connectivity index (χ1n) is 10.3. The van der Waals surface area contributed by atoms with Crippen LogP contribution in [-0.2, 0) is 4.79 Å². The number of halogens is 1. The molecule has 0 aliphatic carbocycles. The maximum Gasteiger partial charge on any atom is 0.169 e. The first-order valence-corrected chi connectivity index (χ1v) is 10.3. The van der Waals surface area contributed by atoms with Crippen molar-refractivity contribution >= 4 is 5.78 Å². The molecule has 30 heavy (non-hydrogen) atoms. The van der Waals surface area contributed by atoms with Gasteiger partial charge in [-0.05, 0) is 67.3 Å². The summed E-state index contributed by atoms with van der Waals surface area (Å²) in [5.41, 5.74) is 3.02. The molecule has 0 N–H and O–H groups in total. The maximum atomic E-state index is 14.8. The molecule has 3 aromatic carbocycles. The van der Waals surface area contributed by atoms with Crippen molar-refractivity contribution in [3.63, 3.8) is 0 Å². The van der Waals surface area contributed by atoms with Crippen LogP contribution in [0.4, 0.5) is 4.39 Å². The zero-order valence-electron chi connectivity index (χ0n) is 17.7. The Labute approximate surface area is 177 Å². The van der Waals surface area contributed by atoms with E-state index in [1.807, 2.05) is 30.3 Å². The fourth-order valence-corrected chi connectivity index (χ4v) is 3.01. The summed E-state index contributed by atoms with van der Waals surface area (Å²) in [7, 11) is 0. The van der Waals surface area contributed by atoms with Gasteiger partial charge >= 0.3 is 0 Å². The Kier molecular flexibility index (Phi) is 7.23. The highest BCUT2D eigenvalue weighted by molar-refractivity contribution is 5.80. The third-order valence-corrected chi connectivity index (χ3v) is 4.97. The molecule has 0 amide bonds. The number of Topliss-reactive ketones (excluding diaryl/α,β-unsaturated/α-hetero) is 1. The number of benzene rings is 3. The molecule has 1 atom stereocenters. The minimum absolute atomic E-state index is 0.0405. The maximum absolute atomic E-state index is 14.8. The van der Waals surface area contributed by atoms with Gasteiger partial charge in [-0.1, -0.05) is 49.7 Å². The lowest BCUT2D eigenvalue weighted by Gasteiger charge is -2.12. The fraction of sp³-hybridized carbons (Fsp3) is 0.269. The van der Waals surface area contributed by atoms with Gasteiger partial charge in [-0.15, -0.1) is 0 Å². The smallest absolute Gasteiger partial charge is 0.169 e. The van der Waals surface area contributed by atoms with E-state index in [0.29, 0.717) is 17.9 Å². The van der Waals surface area contributed by atoms with E-state index in [2.05, 4.69) is 6.92 Å². The Hall–Kier alpha value is -3.14. The average Bonchev–Trinajstić information content (AvgIpc) is 2.75. The van der Waals surface area contributed by atoms with Gasteiger partial charge in [0.25, 0.3) is 0 Å². The van der Waals surface area contributed by atoms with Crippen molar-refractivity contribution in [3.8, 4) is 33.8 Å². The lowest BCUT2D eigenvalue weighted by Crippen LogP contribution is -2.20. The van der Waals surface area contributed by atoms with Gasteiger partial charge in [0, 0.05) is 5.56 Å². The number of unbranched alkanes of at least 4 members (excludes halogenated alkanes) is 1. The molecule has 3 rings (SSSR count). The second kappa shape index (κ2) is 10.1. The summed E-state index contributed by atoms with van der Waals surface area (Å²) in [6, 6.07) is 20.0. The number of carbonyl (C=O) groups excluding carboxylic acids is 1. The predicted molar refractivity (Wildman–Crippen MR) is 118 cm³/mol. The highest BCUT2D eigenvalue weighted by Crippen LogP contribution is 2.30. The molecule has 156 valence electrons. The van der Waals surface area contributed by atoms with Crippen molar-refractivity contribution in [2.24, 2.45) is 0 Å². The van der Waals surface area contributed by atoms with Crippen LogP contribution < -0.4 is 9.47 Å². The summed E-state index contributed by atoms with van der Waals surface area (Å²) in [6.07, 6.45) is 1.61. The number of hydrogen-bond acceptors (Lipinski definition) is 3. The minimum atomic E-state index is -0.504. The lowest BCUT2D eigenvalue weighted by atomic mass is 9.99. The normalized spacial score (nSPS) is 11.7. The van der Waals surface area contributed by atoms with Crippen LogP contribution in [0.25, 0.3) is 22.3 Å². The highest BCUT2D eigenvalue weighted by atomic mass is 19.1. The molecule has 0 aliphatic heterocycles. The Bertz CT molecular complexity index is 978. The van der Waals surface area contributed by atoms with Crippen LogP contribution in [0.5, 0.6) is 11.5 Å². The van der Waals surface area contributed by atoms with Gasteiger partial charge < -0.3 is 9.47 Å². The molecule has 0 bridgehead atoms. The van der Waals surface area contributed by atoms with Crippen molar-refractivity contribution in [2.45, 2.75) is 39.7 Å². The summed E-state index contributed by atoms with van der Waals surface area (Å²) < 4.78 is 26.1. The standard InChI is InChI=1S/C26H27FO3/c1-4-5-16-29-23-11-6-20(7-12-23)22-10-15-25(26(27)17-22)21-8-13-24(14-9-21)30-19(3)18(2)28/h6-15,17,19H,4-5,16H2,1-3H3. The topological polar surface area (TPSA) is 35.5 Å². The van der Waals surface area contributed by atoms with E-state index in [0.717, 1.165) is 35.3 Å². The Morgan fingerprint density at radius 1 is 0.900 bits per heavy atom. The van der Waals surface area contributed by atoms with Gasteiger partial charge in [0.05, 0.1) is 6.61 Å². The quantitative estimate of drug-likeness (QED) is 0.371. The van der Waals surface area contributed by atoms with Crippen molar-refractivity contribution < 1.29 is 18.7 Å². The first-order chi connectivity index (χ1) is 14.5. The minimum Gasteiger partial charge on any atom is -0.494 e. The van der Waals surface area contributed by atoms with E-state index in [1.54, 1.807) is 43.3 Å². The number of ether oxygens (including phenoxy) is 2. The lowest BCUT2D eigenvalue weighted by molar-refractivity contribution is -0.122. The fourth-order valence-electron chi connectivity index (χ4n) is 3.01. The second-order valence-corrected chi connectivity index (χ2v) is 7.32. The molecule has 0 aliphatic rings. The average molecular weight is 406 g/mol. The van der Waals surface area contributed by atoms with Gasteiger partial charge in [-0.3, -0.25) is 4.79 Å². The molecule has 0 aromatic heterocycles. The second-order valence-electron chi connectivity index (χ2n) is 7.32. The Morgan fingerprint density at radius 2 is 1.50 bits per heavy atom. The molecular weight excluding hydrogens is 379 g/mol. The van der Waals surface area contributed by atoms with Crippen LogP contribution in [0.2, 0.25) is 0 Å². The molecule has 3 nitrogen and oxygen atoms in total. The van der Waals surface area contributed by atoms with Crippen LogP contribution in [-0.4, -0.2) is 18.5 Å². The molecule has 4 heteroatoms. The number of rotatable bonds is 9. The predicted octanol–water partition coefficient (Wildman–Crippen LogP) is 6.69. The van der Waals surface area contributed by atoms with E-state index in [-0.39, 0.29) is 11.6 Å². The third-order valence-electron chi connectivity index (χ3n) is 4.97. The molecule has 3 aromatic rings. The van der Waals surface area contributed by atoms with Gasteiger partial charge in [-0.25, -0.2) is 4.39 Å². The van der Waals surface area contributed by atoms with Crippen LogP contribution in [0.15, 0.2) is 66.7 Å². The summed E-state index contributed by atoms with van der Waals surface area (Å²) in [4.78, 5) is 11.3. The van der Waals surface area contributed by atoms with Crippen molar-refractivity contribution in [2.75, 3.05) is 6.61 Å². The van der Waals surface area contributed by atoms with Gasteiger partial charge in [0.1, 0.15) is 17.3 Å². The summed E-state index contributed by atoms with van der Waals surface area (Å²) in [5, 5.41) is 0. The van der Waals surface area contributed by atoms with Crippen LogP contribution in [0.1, 0.15) is 33.6 Å². The Morgan fingerprint density at radius 3 is 2.10 bits per heavy atom. The third kappa shape index (κ3) is 5.47. The van der Waals surface area contributed by atoms with Gasteiger partial charge in [-0.2, -0.15) is 0 Å². The van der Waals surface area contributed by atoms with E-state index in [4.69, 9.17) is 9.47 Å². The number of hydrogen-bond donors (Lipinski definition) is 0. The van der Waals surface area contributed by atoms with Crippen molar-refractivity contribution in [1.82, 2.24) is 0 Å². The van der Waals surface area contributed by atoms with Crippen LogP contribution in [0.3, 0.4) is 0 Å². The SMILES string of the molecule is CCCCOc1ccc(-c2ccc(-c3ccc(OC(C)C(C)=O)cc3)c(F)c2)cc1. The molecule has 1 unspecified atom stereocenters. The van der Waals surface area contributed by atoms with E-state index >= 15 is 0 Å². The molecule has 0 saturated carbocycles. The highest BCUT2D eigenvalue weighted by Gasteiger charge is 2.11. The molecule has 0 radical (unpaired) electrons. The zero-order chi connectivity index (χ0) is 21.5. The molecule has 0 saturated heterocycles.